The van der Waals surface area contributed by atoms with E-state index in [1.54, 1.807) is 18.2 Å². The van der Waals surface area contributed by atoms with Gasteiger partial charge in [-0.25, -0.2) is 8.42 Å². The lowest BCUT2D eigenvalue weighted by molar-refractivity contribution is 0.340. The van der Waals surface area contributed by atoms with Crippen LogP contribution in [0.1, 0.15) is 6.92 Å². The molecule has 0 heterocycles. The molecule has 0 saturated carbocycles. The van der Waals surface area contributed by atoms with Crippen LogP contribution < -0.4 is 4.74 Å². The van der Waals surface area contributed by atoms with E-state index in [1.807, 2.05) is 25.1 Å². The van der Waals surface area contributed by atoms with Crippen molar-refractivity contribution in [1.82, 2.24) is 0 Å². The van der Waals surface area contributed by atoms with E-state index in [1.165, 1.54) is 6.26 Å². The van der Waals surface area contributed by atoms with Gasteiger partial charge in [-0.1, -0.05) is 18.2 Å². The zero-order chi connectivity index (χ0) is 12.5. The van der Waals surface area contributed by atoms with Crippen molar-refractivity contribution >= 4 is 20.6 Å². The summed E-state index contributed by atoms with van der Waals surface area (Å²) in [6, 6.07) is 10.7. The van der Waals surface area contributed by atoms with Crippen molar-refractivity contribution in [2.24, 2.45) is 0 Å². The molecule has 0 aliphatic rings. The molecule has 2 aromatic rings. The van der Waals surface area contributed by atoms with Crippen LogP contribution in [-0.4, -0.2) is 21.3 Å². The second-order valence-electron chi connectivity index (χ2n) is 3.84. The van der Waals surface area contributed by atoms with Gasteiger partial charge in [0.15, 0.2) is 9.84 Å². The van der Waals surface area contributed by atoms with Crippen molar-refractivity contribution in [2.45, 2.75) is 11.8 Å². The molecular formula is C13H14O3S. The summed E-state index contributed by atoms with van der Waals surface area (Å²) in [6.45, 7) is 2.46. The molecule has 0 saturated heterocycles. The number of hydrogen-bond donors (Lipinski definition) is 0. The molecule has 0 atom stereocenters. The molecule has 0 fully saturated rings. The summed E-state index contributed by atoms with van der Waals surface area (Å²) in [5, 5.41) is 1.61. The smallest absolute Gasteiger partial charge is 0.176 e. The van der Waals surface area contributed by atoms with E-state index < -0.39 is 9.84 Å². The average molecular weight is 250 g/mol. The minimum atomic E-state index is -3.22. The topological polar surface area (TPSA) is 43.4 Å². The van der Waals surface area contributed by atoms with Gasteiger partial charge in [0.05, 0.1) is 11.5 Å². The molecule has 0 amide bonds. The van der Waals surface area contributed by atoms with E-state index >= 15 is 0 Å². The summed E-state index contributed by atoms with van der Waals surface area (Å²) in [5.74, 6) is 0.691. The van der Waals surface area contributed by atoms with Gasteiger partial charge in [-0.05, 0) is 30.5 Å². The maximum absolute atomic E-state index is 11.7. The first kappa shape index (κ1) is 11.9. The Morgan fingerprint density at radius 2 is 1.94 bits per heavy atom. The van der Waals surface area contributed by atoms with E-state index in [4.69, 9.17) is 4.74 Å². The maximum atomic E-state index is 11.7. The van der Waals surface area contributed by atoms with Crippen molar-refractivity contribution in [2.75, 3.05) is 12.9 Å². The maximum Gasteiger partial charge on any atom is 0.176 e. The number of ether oxygens (including phenoxy) is 1. The quantitative estimate of drug-likeness (QED) is 0.841. The molecule has 2 rings (SSSR count). The third-order valence-corrected chi connectivity index (χ3v) is 3.68. The standard InChI is InChI=1S/C13H14O3S/c1-3-16-11-8-7-10-5-4-6-13(12(10)9-11)17(2,14)15/h4-9H,3H2,1-2H3. The lowest BCUT2D eigenvalue weighted by Gasteiger charge is -2.07. The summed E-state index contributed by atoms with van der Waals surface area (Å²) in [6.07, 6.45) is 1.22. The summed E-state index contributed by atoms with van der Waals surface area (Å²) >= 11 is 0. The minimum absolute atomic E-state index is 0.344. The molecule has 0 unspecified atom stereocenters. The lowest BCUT2D eigenvalue weighted by Crippen LogP contribution is -1.98. The SMILES string of the molecule is CCOc1ccc2cccc(S(C)(=O)=O)c2c1. The van der Waals surface area contributed by atoms with Gasteiger partial charge in [0, 0.05) is 11.6 Å². The van der Waals surface area contributed by atoms with Crippen molar-refractivity contribution in [1.29, 1.82) is 0 Å². The van der Waals surface area contributed by atoms with Crippen molar-refractivity contribution < 1.29 is 13.2 Å². The molecule has 0 aliphatic carbocycles. The highest BCUT2D eigenvalue weighted by atomic mass is 32.2. The summed E-state index contributed by atoms with van der Waals surface area (Å²) in [7, 11) is -3.22. The first-order chi connectivity index (χ1) is 8.02. The molecule has 0 radical (unpaired) electrons. The fourth-order valence-electron chi connectivity index (χ4n) is 1.80. The number of fused-ring (bicyclic) bond motifs is 1. The highest BCUT2D eigenvalue weighted by Crippen LogP contribution is 2.26. The molecule has 0 aliphatic heterocycles. The Morgan fingerprint density at radius 3 is 2.59 bits per heavy atom. The van der Waals surface area contributed by atoms with Crippen LogP contribution in [0, 0.1) is 0 Å². The zero-order valence-electron chi connectivity index (χ0n) is 9.80. The van der Waals surface area contributed by atoms with Gasteiger partial charge in [0.2, 0.25) is 0 Å². The van der Waals surface area contributed by atoms with Crippen molar-refractivity contribution in [3.63, 3.8) is 0 Å². The molecule has 2 aromatic carbocycles. The Labute approximate surface area is 101 Å². The van der Waals surface area contributed by atoms with E-state index in [0.29, 0.717) is 22.6 Å². The molecule has 0 N–H and O–H groups in total. The van der Waals surface area contributed by atoms with Crippen LogP contribution in [0.2, 0.25) is 0 Å². The summed E-state index contributed by atoms with van der Waals surface area (Å²) in [4.78, 5) is 0.344. The van der Waals surface area contributed by atoms with Gasteiger partial charge < -0.3 is 4.74 Å². The number of benzene rings is 2. The Hall–Kier alpha value is -1.55. The fourth-order valence-corrected chi connectivity index (χ4v) is 2.70. The molecule has 90 valence electrons. The average Bonchev–Trinajstić information content (AvgIpc) is 2.27. The van der Waals surface area contributed by atoms with Gasteiger partial charge in [-0.15, -0.1) is 0 Å². The van der Waals surface area contributed by atoms with Crippen molar-refractivity contribution in [3.05, 3.63) is 36.4 Å². The second-order valence-corrected chi connectivity index (χ2v) is 5.83. The molecule has 0 spiro atoms. The first-order valence-electron chi connectivity index (χ1n) is 5.38. The zero-order valence-corrected chi connectivity index (χ0v) is 10.6. The number of hydrogen-bond acceptors (Lipinski definition) is 3. The Bertz CT molecular complexity index is 645. The third kappa shape index (κ3) is 2.42. The fraction of sp³-hybridized carbons (Fsp3) is 0.231. The second kappa shape index (κ2) is 4.37. The van der Waals surface area contributed by atoms with E-state index in [0.717, 1.165) is 5.39 Å². The summed E-state index contributed by atoms with van der Waals surface area (Å²) in [5.41, 5.74) is 0. The lowest BCUT2D eigenvalue weighted by atomic mass is 10.1. The normalized spacial score (nSPS) is 11.6. The highest BCUT2D eigenvalue weighted by Gasteiger charge is 2.11. The van der Waals surface area contributed by atoms with Gasteiger partial charge in [0.25, 0.3) is 0 Å². The van der Waals surface area contributed by atoms with Crippen LogP contribution in [0.3, 0.4) is 0 Å². The van der Waals surface area contributed by atoms with Crippen LogP contribution in [-0.2, 0) is 9.84 Å². The number of sulfone groups is 1. The predicted octanol–water partition coefficient (Wildman–Crippen LogP) is 2.64. The van der Waals surface area contributed by atoms with Crippen LogP contribution in [0.4, 0.5) is 0 Å². The largest absolute Gasteiger partial charge is 0.494 e. The first-order valence-corrected chi connectivity index (χ1v) is 7.27. The Kier molecular flexibility index (Phi) is 3.07. The molecular weight excluding hydrogens is 236 g/mol. The van der Waals surface area contributed by atoms with Crippen LogP contribution in [0.25, 0.3) is 10.8 Å². The van der Waals surface area contributed by atoms with Crippen LogP contribution in [0.15, 0.2) is 41.3 Å². The van der Waals surface area contributed by atoms with Gasteiger partial charge in [-0.2, -0.15) is 0 Å². The van der Waals surface area contributed by atoms with Gasteiger partial charge in [-0.3, -0.25) is 0 Å². The van der Waals surface area contributed by atoms with Crippen LogP contribution >= 0.6 is 0 Å². The Balaban J connectivity index is 2.73. The van der Waals surface area contributed by atoms with E-state index in [9.17, 15) is 8.42 Å². The van der Waals surface area contributed by atoms with Gasteiger partial charge in [0.1, 0.15) is 5.75 Å². The molecule has 17 heavy (non-hydrogen) atoms. The van der Waals surface area contributed by atoms with Gasteiger partial charge >= 0.3 is 0 Å². The van der Waals surface area contributed by atoms with E-state index in [2.05, 4.69) is 0 Å². The predicted molar refractivity (Wildman–Crippen MR) is 68.2 cm³/mol. The minimum Gasteiger partial charge on any atom is -0.494 e. The monoisotopic (exact) mass is 250 g/mol. The highest BCUT2D eigenvalue weighted by molar-refractivity contribution is 7.91. The molecule has 4 heteroatoms. The Morgan fingerprint density at radius 1 is 1.18 bits per heavy atom. The third-order valence-electron chi connectivity index (χ3n) is 2.52. The summed E-state index contributed by atoms with van der Waals surface area (Å²) < 4.78 is 28.7. The number of rotatable bonds is 3. The van der Waals surface area contributed by atoms with Crippen molar-refractivity contribution in [3.8, 4) is 5.75 Å². The molecule has 3 nitrogen and oxygen atoms in total. The van der Waals surface area contributed by atoms with E-state index in [-0.39, 0.29) is 0 Å². The van der Waals surface area contributed by atoms with Crippen LogP contribution in [0.5, 0.6) is 5.75 Å². The molecule has 0 bridgehead atoms. The molecule has 0 aromatic heterocycles.